The normalized spacial score (nSPS) is 11.6. The van der Waals surface area contributed by atoms with Crippen LogP contribution in [0.2, 0.25) is 0 Å². The van der Waals surface area contributed by atoms with Gasteiger partial charge in [-0.1, -0.05) is 109 Å². The summed E-state index contributed by atoms with van der Waals surface area (Å²) in [6.45, 7) is 8.71. The first-order valence-corrected chi connectivity index (χ1v) is 17.2. The fourth-order valence-electron chi connectivity index (χ4n) is 7.62. The first-order chi connectivity index (χ1) is 24.5. The number of aryl methyl sites for hydroxylation is 4. The highest BCUT2D eigenvalue weighted by atomic mass is 15.2. The first-order valence-electron chi connectivity index (χ1n) is 17.2. The van der Waals surface area contributed by atoms with E-state index in [-0.39, 0.29) is 0 Å². The highest BCUT2D eigenvalue weighted by Gasteiger charge is 2.30. The SMILES string of the molecule is Cc1ccccc1N(c1ccccc1C)c1ccc(N(c2ccccc2C)c2ccccc2C)c2nc3c(nc12)-c1cccc2cccc-3c12. The first kappa shape index (κ1) is 29.8. The number of fused-ring (bicyclic) bond motifs is 4. The van der Waals surface area contributed by atoms with E-state index in [0.717, 1.165) is 67.7 Å². The lowest BCUT2D eigenvalue weighted by molar-refractivity contribution is 1.20. The van der Waals surface area contributed by atoms with Crippen LogP contribution >= 0.6 is 0 Å². The van der Waals surface area contributed by atoms with Crippen LogP contribution in [0.3, 0.4) is 0 Å². The number of para-hydroxylation sites is 4. The van der Waals surface area contributed by atoms with Gasteiger partial charge >= 0.3 is 0 Å². The van der Waals surface area contributed by atoms with E-state index in [9.17, 15) is 0 Å². The van der Waals surface area contributed by atoms with Gasteiger partial charge in [-0.3, -0.25) is 0 Å². The van der Waals surface area contributed by atoms with Crippen molar-refractivity contribution in [3.8, 4) is 22.5 Å². The Morgan fingerprint density at radius 2 is 0.680 bits per heavy atom. The molecule has 4 nitrogen and oxygen atoms in total. The zero-order valence-corrected chi connectivity index (χ0v) is 28.6. The molecule has 1 heterocycles. The van der Waals surface area contributed by atoms with Gasteiger partial charge in [0.1, 0.15) is 11.0 Å². The van der Waals surface area contributed by atoms with Crippen LogP contribution < -0.4 is 9.80 Å². The average Bonchev–Trinajstić information content (AvgIpc) is 3.45. The third-order valence-electron chi connectivity index (χ3n) is 10.1. The molecule has 0 amide bonds. The maximum Gasteiger partial charge on any atom is 0.116 e. The zero-order valence-electron chi connectivity index (χ0n) is 28.6. The molecule has 0 saturated heterocycles. The largest absolute Gasteiger partial charge is 0.308 e. The predicted molar refractivity (Wildman–Crippen MR) is 210 cm³/mol. The van der Waals surface area contributed by atoms with Crippen LogP contribution in [-0.2, 0) is 0 Å². The standard InChI is InChI=1S/C46H36N4/c1-29-15-5-9-23-36(29)49(37-24-10-6-16-30(37)2)40-27-28-41(50(38-25-11-7-17-31(38)3)39-26-12-8-18-32(39)4)46-45(40)47-43-34-21-13-19-33-20-14-22-35(42(33)34)44(43)48-46/h5-28H,1-4H3. The molecule has 0 atom stereocenters. The zero-order chi connectivity index (χ0) is 33.9. The lowest BCUT2D eigenvalue weighted by Crippen LogP contribution is -2.16. The smallest absolute Gasteiger partial charge is 0.116 e. The van der Waals surface area contributed by atoms with Crippen molar-refractivity contribution in [3.63, 3.8) is 0 Å². The molecule has 1 aliphatic carbocycles. The van der Waals surface area contributed by atoms with Gasteiger partial charge in [0.05, 0.1) is 22.8 Å². The maximum absolute atomic E-state index is 5.67. The molecule has 0 aliphatic heterocycles. The van der Waals surface area contributed by atoms with E-state index in [1.807, 2.05) is 0 Å². The molecule has 0 fully saturated rings. The molecule has 1 aliphatic rings. The fourth-order valence-corrected chi connectivity index (χ4v) is 7.62. The van der Waals surface area contributed by atoms with E-state index in [1.165, 1.54) is 33.0 Å². The topological polar surface area (TPSA) is 32.3 Å². The minimum Gasteiger partial charge on any atom is -0.308 e. The summed E-state index contributed by atoms with van der Waals surface area (Å²) in [4.78, 5) is 16.1. The molecule has 0 radical (unpaired) electrons. The highest BCUT2D eigenvalue weighted by molar-refractivity contribution is 6.16. The van der Waals surface area contributed by atoms with Crippen LogP contribution in [0.4, 0.5) is 34.1 Å². The summed E-state index contributed by atoms with van der Waals surface area (Å²) in [5.41, 5.74) is 17.0. The maximum atomic E-state index is 5.67. The number of rotatable bonds is 6. The van der Waals surface area contributed by atoms with Crippen molar-refractivity contribution in [3.05, 3.63) is 168 Å². The van der Waals surface area contributed by atoms with Crippen LogP contribution in [0, 0.1) is 27.7 Å². The third-order valence-corrected chi connectivity index (χ3v) is 10.1. The van der Waals surface area contributed by atoms with Crippen LogP contribution in [0.15, 0.2) is 146 Å². The number of hydrogen-bond donors (Lipinski definition) is 0. The molecular formula is C46H36N4. The summed E-state index contributed by atoms with van der Waals surface area (Å²) in [6.07, 6.45) is 0. The van der Waals surface area contributed by atoms with Crippen molar-refractivity contribution in [2.24, 2.45) is 0 Å². The summed E-state index contributed by atoms with van der Waals surface area (Å²) >= 11 is 0. The number of hydrogen-bond acceptors (Lipinski definition) is 4. The van der Waals surface area contributed by atoms with E-state index >= 15 is 0 Å². The Bertz CT molecular complexity index is 2350. The van der Waals surface area contributed by atoms with Crippen LogP contribution in [0.1, 0.15) is 22.3 Å². The van der Waals surface area contributed by atoms with Gasteiger partial charge in [0, 0.05) is 39.3 Å². The lowest BCUT2D eigenvalue weighted by atomic mass is 10.0. The van der Waals surface area contributed by atoms with Gasteiger partial charge in [0.2, 0.25) is 0 Å². The predicted octanol–water partition coefficient (Wildman–Crippen LogP) is 12.6. The van der Waals surface area contributed by atoms with Crippen molar-refractivity contribution in [2.75, 3.05) is 9.80 Å². The van der Waals surface area contributed by atoms with Crippen molar-refractivity contribution in [1.82, 2.24) is 9.97 Å². The van der Waals surface area contributed by atoms with E-state index in [4.69, 9.17) is 9.97 Å². The van der Waals surface area contributed by atoms with Crippen LogP contribution in [0.5, 0.6) is 0 Å². The molecule has 1 aromatic heterocycles. The lowest BCUT2D eigenvalue weighted by Gasteiger charge is -2.32. The quantitative estimate of drug-likeness (QED) is 0.180. The Balaban J connectivity index is 1.42. The molecule has 0 saturated carbocycles. The second kappa shape index (κ2) is 11.7. The van der Waals surface area contributed by atoms with E-state index < -0.39 is 0 Å². The number of anilines is 6. The Kier molecular flexibility index (Phi) is 6.99. The molecule has 0 N–H and O–H groups in total. The molecule has 7 aromatic carbocycles. The van der Waals surface area contributed by atoms with E-state index in [1.54, 1.807) is 0 Å². The molecular weight excluding hydrogens is 609 g/mol. The average molecular weight is 645 g/mol. The van der Waals surface area contributed by atoms with E-state index in [0.29, 0.717) is 0 Å². The summed E-state index contributed by atoms with van der Waals surface area (Å²) in [6, 6.07) is 51.8. The van der Waals surface area contributed by atoms with Crippen LogP contribution in [0.25, 0.3) is 44.3 Å². The Morgan fingerprint density at radius 3 is 1.02 bits per heavy atom. The Morgan fingerprint density at radius 1 is 0.340 bits per heavy atom. The van der Waals surface area contributed by atoms with Gasteiger partial charge in [-0.15, -0.1) is 0 Å². The van der Waals surface area contributed by atoms with E-state index in [2.05, 4.69) is 183 Å². The Labute approximate surface area is 292 Å². The van der Waals surface area contributed by atoms with Crippen molar-refractivity contribution in [2.45, 2.75) is 27.7 Å². The fraction of sp³-hybridized carbons (Fsp3) is 0.0870. The molecule has 8 aromatic rings. The molecule has 240 valence electrons. The molecule has 9 rings (SSSR count). The van der Waals surface area contributed by atoms with Gasteiger partial charge in [0.15, 0.2) is 0 Å². The van der Waals surface area contributed by atoms with Gasteiger partial charge in [0.25, 0.3) is 0 Å². The molecule has 4 heteroatoms. The van der Waals surface area contributed by atoms with Gasteiger partial charge in [-0.25, -0.2) is 9.97 Å². The number of aromatic nitrogens is 2. The molecule has 0 unspecified atom stereocenters. The minimum absolute atomic E-state index is 0.852. The number of benzene rings is 7. The van der Waals surface area contributed by atoms with Crippen molar-refractivity contribution >= 4 is 55.9 Å². The molecule has 0 spiro atoms. The molecule has 0 bridgehead atoms. The monoisotopic (exact) mass is 644 g/mol. The van der Waals surface area contributed by atoms with Crippen molar-refractivity contribution in [1.29, 1.82) is 0 Å². The second-order valence-corrected chi connectivity index (χ2v) is 13.2. The second-order valence-electron chi connectivity index (χ2n) is 13.2. The summed E-state index contributed by atoms with van der Waals surface area (Å²) in [5, 5.41) is 2.42. The summed E-state index contributed by atoms with van der Waals surface area (Å²) in [7, 11) is 0. The summed E-state index contributed by atoms with van der Waals surface area (Å²) in [5.74, 6) is 0. The molecule has 50 heavy (non-hydrogen) atoms. The minimum atomic E-state index is 0.852. The van der Waals surface area contributed by atoms with Gasteiger partial charge in [-0.05, 0) is 91.7 Å². The van der Waals surface area contributed by atoms with Crippen LogP contribution in [-0.4, -0.2) is 9.97 Å². The van der Waals surface area contributed by atoms with Gasteiger partial charge < -0.3 is 9.80 Å². The summed E-state index contributed by atoms with van der Waals surface area (Å²) < 4.78 is 0. The number of nitrogens with zero attached hydrogens (tertiary/aromatic N) is 4. The van der Waals surface area contributed by atoms with Gasteiger partial charge in [-0.2, -0.15) is 0 Å². The third kappa shape index (κ3) is 4.60. The van der Waals surface area contributed by atoms with Crippen molar-refractivity contribution < 1.29 is 0 Å². The highest BCUT2D eigenvalue weighted by Crippen LogP contribution is 2.50. The Hall–Kier alpha value is -6.26.